The van der Waals surface area contributed by atoms with Gasteiger partial charge in [0.2, 0.25) is 0 Å². The van der Waals surface area contributed by atoms with Crippen molar-refractivity contribution in [2.24, 2.45) is 5.73 Å². The molecule has 5 N–H and O–H groups in total. The summed E-state index contributed by atoms with van der Waals surface area (Å²) >= 11 is 4.55. The van der Waals surface area contributed by atoms with E-state index in [1.54, 1.807) is 0 Å². The molecule has 0 saturated heterocycles. The van der Waals surface area contributed by atoms with Gasteiger partial charge in [0.1, 0.15) is 0 Å². The van der Waals surface area contributed by atoms with Crippen molar-refractivity contribution < 1.29 is 5.11 Å². The lowest BCUT2D eigenvalue weighted by molar-refractivity contribution is 0.266. The number of hydrogen-bond acceptors (Lipinski definition) is 5. The molecule has 0 aliphatic heterocycles. The summed E-state index contributed by atoms with van der Waals surface area (Å²) in [5, 5.41) is 9.15. The first kappa shape index (κ1) is 8.92. The van der Waals surface area contributed by atoms with Crippen molar-refractivity contribution in [2.75, 3.05) is 12.3 Å². The van der Waals surface area contributed by atoms with Crippen molar-refractivity contribution in [1.82, 2.24) is 4.98 Å². The smallest absolute Gasteiger partial charge is 0.181 e. The van der Waals surface area contributed by atoms with Crippen LogP contribution in [0.4, 0.5) is 5.13 Å². The molecule has 0 aliphatic carbocycles. The van der Waals surface area contributed by atoms with Crippen LogP contribution in [-0.4, -0.2) is 16.7 Å². The number of aromatic nitrogens is 1. The molecular formula is C5H8BrN3OS. The van der Waals surface area contributed by atoms with Crippen molar-refractivity contribution in [3.63, 3.8) is 0 Å². The van der Waals surface area contributed by atoms with Crippen LogP contribution in [0.3, 0.4) is 0 Å². The summed E-state index contributed by atoms with van der Waals surface area (Å²) in [7, 11) is 0. The van der Waals surface area contributed by atoms with Crippen LogP contribution in [0.25, 0.3) is 0 Å². The Balaban J connectivity index is 2.93. The van der Waals surface area contributed by atoms with Gasteiger partial charge in [-0.05, 0) is 15.9 Å². The molecule has 1 aromatic heterocycles. The molecule has 0 aliphatic rings. The Hall–Kier alpha value is -0.170. The van der Waals surface area contributed by atoms with Gasteiger partial charge in [-0.25, -0.2) is 4.98 Å². The molecule has 11 heavy (non-hydrogen) atoms. The second kappa shape index (κ2) is 3.48. The molecule has 1 heterocycles. The number of halogens is 1. The highest BCUT2D eigenvalue weighted by atomic mass is 79.9. The highest BCUT2D eigenvalue weighted by Crippen LogP contribution is 2.29. The summed E-state index contributed by atoms with van der Waals surface area (Å²) in [5.41, 5.74) is 11.5. The SMILES string of the molecule is Nc1nc(C(N)CO)c(Br)s1. The summed E-state index contributed by atoms with van der Waals surface area (Å²) < 4.78 is 0.788. The predicted octanol–water partition coefficient (Wildman–Crippen LogP) is 0.480. The van der Waals surface area contributed by atoms with Crippen LogP contribution in [0.5, 0.6) is 0 Å². The van der Waals surface area contributed by atoms with Gasteiger partial charge < -0.3 is 16.6 Å². The standard InChI is InChI=1S/C5H8BrN3OS/c6-4-3(2(7)1-10)9-5(8)11-4/h2,10H,1,7H2,(H2,8,9). The Morgan fingerprint density at radius 2 is 2.36 bits per heavy atom. The number of nitrogens with two attached hydrogens (primary N) is 2. The van der Waals surface area contributed by atoms with Crippen LogP contribution in [0.1, 0.15) is 11.7 Å². The molecule has 0 saturated carbocycles. The minimum absolute atomic E-state index is 0.123. The highest BCUT2D eigenvalue weighted by Gasteiger charge is 2.13. The number of hydrogen-bond donors (Lipinski definition) is 3. The molecule has 0 radical (unpaired) electrons. The lowest BCUT2D eigenvalue weighted by Crippen LogP contribution is -2.15. The first-order chi connectivity index (χ1) is 5.15. The van der Waals surface area contributed by atoms with E-state index in [-0.39, 0.29) is 6.61 Å². The van der Waals surface area contributed by atoms with E-state index in [0.29, 0.717) is 10.8 Å². The first-order valence-corrected chi connectivity index (χ1v) is 4.54. The van der Waals surface area contributed by atoms with E-state index in [2.05, 4.69) is 20.9 Å². The third-order valence-electron chi connectivity index (χ3n) is 1.17. The molecule has 62 valence electrons. The molecule has 0 bridgehead atoms. The zero-order chi connectivity index (χ0) is 8.43. The first-order valence-electron chi connectivity index (χ1n) is 2.93. The van der Waals surface area contributed by atoms with E-state index in [4.69, 9.17) is 16.6 Å². The van der Waals surface area contributed by atoms with Gasteiger partial charge in [0, 0.05) is 0 Å². The Labute approximate surface area is 76.4 Å². The number of rotatable bonds is 2. The fourth-order valence-corrected chi connectivity index (χ4v) is 2.15. The summed E-state index contributed by atoms with van der Waals surface area (Å²) in [4.78, 5) is 3.95. The summed E-state index contributed by atoms with van der Waals surface area (Å²) in [6.07, 6.45) is 0. The Morgan fingerprint density at radius 3 is 2.73 bits per heavy atom. The van der Waals surface area contributed by atoms with Crippen LogP contribution in [0.2, 0.25) is 0 Å². The van der Waals surface area contributed by atoms with Crippen LogP contribution in [-0.2, 0) is 0 Å². The van der Waals surface area contributed by atoms with Gasteiger partial charge in [-0.2, -0.15) is 0 Å². The van der Waals surface area contributed by atoms with Crippen LogP contribution in [0, 0.1) is 0 Å². The normalized spacial score (nSPS) is 13.4. The van der Waals surface area contributed by atoms with Crippen LogP contribution in [0.15, 0.2) is 3.79 Å². The second-order valence-electron chi connectivity index (χ2n) is 2.00. The van der Waals surface area contributed by atoms with Gasteiger partial charge in [0.05, 0.1) is 22.1 Å². The zero-order valence-corrected chi connectivity index (χ0v) is 8.02. The maximum absolute atomic E-state index is 8.70. The average molecular weight is 238 g/mol. The maximum Gasteiger partial charge on any atom is 0.181 e. The minimum Gasteiger partial charge on any atom is -0.394 e. The van der Waals surface area contributed by atoms with Crippen molar-refractivity contribution in [2.45, 2.75) is 6.04 Å². The lowest BCUT2D eigenvalue weighted by Gasteiger charge is -2.03. The van der Waals surface area contributed by atoms with E-state index in [1.165, 1.54) is 11.3 Å². The van der Waals surface area contributed by atoms with Gasteiger partial charge in [-0.1, -0.05) is 11.3 Å². The number of aliphatic hydroxyl groups is 1. The Bertz CT molecular complexity index is 252. The number of nitrogens with zero attached hydrogens (tertiary/aromatic N) is 1. The molecule has 4 nitrogen and oxygen atoms in total. The average Bonchev–Trinajstić information content (AvgIpc) is 2.28. The van der Waals surface area contributed by atoms with Crippen molar-refractivity contribution in [3.8, 4) is 0 Å². The van der Waals surface area contributed by atoms with E-state index in [0.717, 1.165) is 3.79 Å². The highest BCUT2D eigenvalue weighted by molar-refractivity contribution is 9.11. The quantitative estimate of drug-likeness (QED) is 0.699. The van der Waals surface area contributed by atoms with E-state index >= 15 is 0 Å². The predicted molar refractivity (Wildman–Crippen MR) is 48.2 cm³/mol. The Kier molecular flexibility index (Phi) is 2.83. The lowest BCUT2D eigenvalue weighted by atomic mass is 10.3. The second-order valence-corrected chi connectivity index (χ2v) is 4.35. The van der Waals surface area contributed by atoms with Gasteiger partial charge in [-0.3, -0.25) is 0 Å². The fourth-order valence-electron chi connectivity index (χ4n) is 0.645. The number of thiazole rings is 1. The molecule has 0 aromatic carbocycles. The molecule has 0 spiro atoms. The van der Waals surface area contributed by atoms with Crippen LogP contribution < -0.4 is 11.5 Å². The van der Waals surface area contributed by atoms with E-state index < -0.39 is 6.04 Å². The van der Waals surface area contributed by atoms with E-state index in [9.17, 15) is 0 Å². The van der Waals surface area contributed by atoms with Crippen molar-refractivity contribution in [1.29, 1.82) is 0 Å². The molecule has 6 heteroatoms. The van der Waals surface area contributed by atoms with Gasteiger partial charge >= 0.3 is 0 Å². The molecular weight excluding hydrogens is 230 g/mol. The third-order valence-corrected chi connectivity index (χ3v) is 2.75. The molecule has 1 rings (SSSR count). The third kappa shape index (κ3) is 1.90. The number of nitrogen functional groups attached to an aromatic ring is 1. The molecule has 1 unspecified atom stereocenters. The van der Waals surface area contributed by atoms with Gasteiger partial charge in [0.15, 0.2) is 5.13 Å². The monoisotopic (exact) mass is 237 g/mol. The molecule has 1 atom stereocenters. The Morgan fingerprint density at radius 1 is 1.73 bits per heavy atom. The fraction of sp³-hybridized carbons (Fsp3) is 0.400. The molecule has 0 amide bonds. The largest absolute Gasteiger partial charge is 0.394 e. The number of aliphatic hydroxyl groups excluding tert-OH is 1. The molecule has 1 aromatic rings. The topological polar surface area (TPSA) is 85.2 Å². The maximum atomic E-state index is 8.70. The minimum atomic E-state index is -0.446. The van der Waals surface area contributed by atoms with Gasteiger partial charge in [0.25, 0.3) is 0 Å². The van der Waals surface area contributed by atoms with Gasteiger partial charge in [-0.15, -0.1) is 0 Å². The zero-order valence-electron chi connectivity index (χ0n) is 5.62. The van der Waals surface area contributed by atoms with Crippen molar-refractivity contribution >= 4 is 32.4 Å². The van der Waals surface area contributed by atoms with Crippen LogP contribution >= 0.6 is 27.3 Å². The molecule has 0 fully saturated rings. The summed E-state index contributed by atoms with van der Waals surface area (Å²) in [6, 6.07) is -0.446. The van der Waals surface area contributed by atoms with Crippen molar-refractivity contribution in [3.05, 3.63) is 9.48 Å². The van der Waals surface area contributed by atoms with E-state index in [1.807, 2.05) is 0 Å². The summed E-state index contributed by atoms with van der Waals surface area (Å²) in [5.74, 6) is 0. The summed E-state index contributed by atoms with van der Waals surface area (Å²) in [6.45, 7) is -0.123. The number of anilines is 1.